The quantitative estimate of drug-likeness (QED) is 0.261. The molecule has 3 nitrogen and oxygen atoms in total. The summed E-state index contributed by atoms with van der Waals surface area (Å²) >= 11 is 4.10. The van der Waals surface area contributed by atoms with Crippen LogP contribution in [0.15, 0.2) is 41.4 Å². The fourth-order valence-corrected chi connectivity index (χ4v) is 3.27. The van der Waals surface area contributed by atoms with Crippen LogP contribution in [-0.2, 0) is 7.00 Å². The van der Waals surface area contributed by atoms with E-state index in [1.807, 2.05) is 13.0 Å². The van der Waals surface area contributed by atoms with E-state index in [1.54, 1.807) is 18.3 Å². The minimum absolute atomic E-state index is 0.0527. The Balaban J connectivity index is 2.40. The van der Waals surface area contributed by atoms with Crippen molar-refractivity contribution in [3.05, 3.63) is 47.8 Å². The molecular weight excluding hydrogens is 550 g/mol. The predicted molar refractivity (Wildman–Crippen MR) is 103 cm³/mol. The summed E-state index contributed by atoms with van der Waals surface area (Å²) in [6.45, 7) is 1.97. The molecule has 0 amide bonds. The Hall–Kier alpha value is -0.490. The van der Waals surface area contributed by atoms with Crippen molar-refractivity contribution in [1.82, 2.24) is 4.98 Å². The van der Waals surface area contributed by atoms with Gasteiger partial charge < -0.3 is 3.07 Å². The van der Waals surface area contributed by atoms with Crippen molar-refractivity contribution in [2.24, 2.45) is 0 Å². The van der Waals surface area contributed by atoms with Gasteiger partial charge in [-0.1, -0.05) is 31.2 Å². The number of nitrogens with zero attached hydrogens (tertiary/aromatic N) is 1. The van der Waals surface area contributed by atoms with Crippen molar-refractivity contribution in [3.63, 3.8) is 0 Å². The van der Waals surface area contributed by atoms with Gasteiger partial charge in [-0.3, -0.25) is 0 Å². The summed E-state index contributed by atoms with van der Waals surface area (Å²) in [6.07, 6.45) is 1.54. The third-order valence-corrected chi connectivity index (χ3v) is 4.90. The Bertz CT molecular complexity index is 706. The van der Waals surface area contributed by atoms with Crippen LogP contribution in [0.1, 0.15) is 23.0 Å². The van der Waals surface area contributed by atoms with E-state index >= 15 is 0 Å². The molecular formula is C15H11F2I2NO2S. The molecule has 0 fully saturated rings. The molecule has 1 heterocycles. The zero-order chi connectivity index (χ0) is 17.0. The predicted octanol–water partition coefficient (Wildman–Crippen LogP) is 5.85. The van der Waals surface area contributed by atoms with E-state index in [1.165, 1.54) is 46.9 Å². The lowest BCUT2D eigenvalue weighted by atomic mass is 10.1. The standard InChI is InChI=1S/C15H11F2I2NO2S/c1-2-23-12-7-10(8-20-13(12)14(21)22-19)9-3-5-11(6-4-9)15(16,17)18/h3-8H,2H2,1H3. The molecule has 0 aliphatic rings. The van der Waals surface area contributed by atoms with Crippen molar-refractivity contribution in [2.75, 3.05) is 5.75 Å². The highest BCUT2D eigenvalue weighted by molar-refractivity contribution is 14.1. The van der Waals surface area contributed by atoms with E-state index in [9.17, 15) is 13.6 Å². The van der Waals surface area contributed by atoms with Crippen molar-refractivity contribution in [2.45, 2.75) is 15.7 Å². The zero-order valence-corrected chi connectivity index (χ0v) is 17.0. The number of halogens is 4. The van der Waals surface area contributed by atoms with Crippen LogP contribution in [0, 0.1) is 0 Å². The van der Waals surface area contributed by atoms with E-state index in [2.05, 4.69) is 4.98 Å². The highest BCUT2D eigenvalue weighted by Crippen LogP contribution is 2.36. The Morgan fingerprint density at radius 2 is 1.96 bits per heavy atom. The first-order valence-corrected chi connectivity index (χ1v) is 9.44. The summed E-state index contributed by atoms with van der Waals surface area (Å²) in [4.78, 5) is 16.6. The van der Waals surface area contributed by atoms with Crippen molar-refractivity contribution in [1.29, 1.82) is 0 Å². The van der Waals surface area contributed by atoms with Crippen LogP contribution >= 0.6 is 57.4 Å². The van der Waals surface area contributed by atoms with E-state index in [0.717, 1.165) is 39.5 Å². The SMILES string of the molecule is CCSc1cc(-c2ccc(C(F)(F)I)cc2)cnc1C(=O)OI. The summed E-state index contributed by atoms with van der Waals surface area (Å²) in [5, 5.41) is 0. The fraction of sp³-hybridized carbons (Fsp3) is 0.200. The first-order chi connectivity index (χ1) is 10.9. The number of carbonyl (C=O) groups is 1. The maximum Gasteiger partial charge on any atom is 0.367 e. The Morgan fingerprint density at radius 3 is 2.48 bits per heavy atom. The zero-order valence-electron chi connectivity index (χ0n) is 11.9. The number of aromatic nitrogens is 1. The molecule has 1 aromatic heterocycles. The summed E-state index contributed by atoms with van der Waals surface area (Å²) in [6, 6.07) is 7.84. The molecule has 0 unspecified atom stereocenters. The Kier molecular flexibility index (Phi) is 6.60. The van der Waals surface area contributed by atoms with Gasteiger partial charge in [0.05, 0.1) is 0 Å². The lowest BCUT2D eigenvalue weighted by molar-refractivity contribution is 0.0790. The van der Waals surface area contributed by atoms with Gasteiger partial charge in [0.1, 0.15) is 0 Å². The Labute approximate surface area is 164 Å². The van der Waals surface area contributed by atoms with Crippen LogP contribution in [0.2, 0.25) is 0 Å². The molecule has 23 heavy (non-hydrogen) atoms. The molecule has 2 aromatic rings. The fourth-order valence-electron chi connectivity index (χ4n) is 1.91. The molecule has 0 aliphatic heterocycles. The first kappa shape index (κ1) is 18.8. The monoisotopic (exact) mass is 561 g/mol. The van der Waals surface area contributed by atoms with Gasteiger partial charge >= 0.3 is 9.90 Å². The number of hydrogen-bond acceptors (Lipinski definition) is 4. The minimum Gasteiger partial charge on any atom is -0.390 e. The normalized spacial score (nSPS) is 11.3. The topological polar surface area (TPSA) is 39.2 Å². The minimum atomic E-state index is -2.90. The van der Waals surface area contributed by atoms with E-state index in [0.29, 0.717) is 4.90 Å². The molecule has 0 bridgehead atoms. The molecule has 0 N–H and O–H groups in total. The number of carbonyl (C=O) groups excluding carboxylic acids is 1. The van der Waals surface area contributed by atoms with Crippen LogP contribution in [0.4, 0.5) is 8.78 Å². The van der Waals surface area contributed by atoms with Crippen molar-refractivity contribution < 1.29 is 16.6 Å². The van der Waals surface area contributed by atoms with E-state index in [-0.39, 0.29) is 11.3 Å². The molecule has 0 spiro atoms. The molecule has 8 heteroatoms. The number of alkyl halides is 3. The second-order valence-electron chi connectivity index (χ2n) is 4.44. The van der Waals surface area contributed by atoms with Crippen LogP contribution in [-0.4, -0.2) is 16.7 Å². The number of hydrogen-bond donors (Lipinski definition) is 0. The van der Waals surface area contributed by atoms with Crippen LogP contribution in [0.3, 0.4) is 0 Å². The van der Waals surface area contributed by atoms with Gasteiger partial charge in [0, 0.05) is 44.8 Å². The van der Waals surface area contributed by atoms with Gasteiger partial charge in [0.2, 0.25) is 0 Å². The maximum atomic E-state index is 13.3. The van der Waals surface area contributed by atoms with Crippen LogP contribution in [0.5, 0.6) is 0 Å². The molecule has 122 valence electrons. The molecule has 2 rings (SSSR count). The summed E-state index contributed by atoms with van der Waals surface area (Å²) in [5.41, 5.74) is 1.72. The second kappa shape index (κ2) is 8.06. The average Bonchev–Trinajstić information content (AvgIpc) is 2.54. The molecule has 0 saturated heterocycles. The first-order valence-electron chi connectivity index (χ1n) is 6.50. The van der Waals surface area contributed by atoms with Gasteiger partial charge in [-0.25, -0.2) is 9.78 Å². The van der Waals surface area contributed by atoms with E-state index < -0.39 is 9.90 Å². The largest absolute Gasteiger partial charge is 0.390 e. The summed E-state index contributed by atoms with van der Waals surface area (Å²) in [7, 11) is 0. The van der Waals surface area contributed by atoms with Gasteiger partial charge in [-0.15, -0.1) is 11.8 Å². The van der Waals surface area contributed by atoms with Gasteiger partial charge in [0.25, 0.3) is 0 Å². The number of pyridine rings is 1. The number of rotatable bonds is 5. The highest BCUT2D eigenvalue weighted by atomic mass is 127. The maximum absolute atomic E-state index is 13.3. The van der Waals surface area contributed by atoms with Crippen LogP contribution < -0.4 is 0 Å². The smallest absolute Gasteiger partial charge is 0.367 e. The van der Waals surface area contributed by atoms with Crippen molar-refractivity contribution in [3.8, 4) is 11.1 Å². The summed E-state index contributed by atoms with van der Waals surface area (Å²) < 4.78 is 28.3. The van der Waals surface area contributed by atoms with Crippen molar-refractivity contribution >= 4 is 63.3 Å². The van der Waals surface area contributed by atoms with Crippen LogP contribution in [0.25, 0.3) is 11.1 Å². The van der Waals surface area contributed by atoms with Gasteiger partial charge in [-0.2, -0.15) is 8.78 Å². The Morgan fingerprint density at radius 1 is 1.30 bits per heavy atom. The van der Waals surface area contributed by atoms with Gasteiger partial charge in [-0.05, 0) is 17.4 Å². The molecule has 0 aliphatic carbocycles. The lowest BCUT2D eigenvalue weighted by Crippen LogP contribution is -2.04. The third kappa shape index (κ3) is 4.75. The molecule has 0 saturated carbocycles. The number of benzene rings is 1. The molecule has 0 radical (unpaired) electrons. The van der Waals surface area contributed by atoms with E-state index in [4.69, 9.17) is 3.07 Å². The average molecular weight is 561 g/mol. The molecule has 1 aromatic carbocycles. The third-order valence-electron chi connectivity index (χ3n) is 2.96. The number of thioether (sulfide) groups is 1. The summed E-state index contributed by atoms with van der Waals surface area (Å²) in [5.74, 6) is 0.264. The highest BCUT2D eigenvalue weighted by Gasteiger charge is 2.26. The lowest BCUT2D eigenvalue weighted by Gasteiger charge is -2.11. The van der Waals surface area contributed by atoms with Gasteiger partial charge in [0.15, 0.2) is 28.7 Å². The molecule has 0 atom stereocenters. The second-order valence-corrected chi connectivity index (χ2v) is 7.54.